The second-order valence-corrected chi connectivity index (χ2v) is 12.0. The Balaban J connectivity index is 1.35. The number of likely N-dealkylation sites (tertiary alicyclic amines) is 1. The van der Waals surface area contributed by atoms with E-state index in [4.69, 9.17) is 4.65 Å². The van der Waals surface area contributed by atoms with E-state index in [1.54, 1.807) is 17.0 Å². The van der Waals surface area contributed by atoms with E-state index >= 15 is 0 Å². The molecule has 6 nitrogen and oxygen atoms in total. The van der Waals surface area contributed by atoms with Crippen LogP contribution < -0.4 is 0 Å². The highest BCUT2D eigenvalue weighted by Crippen LogP contribution is 2.51. The number of nitrogens with zero attached hydrogens (tertiary/aromatic N) is 1. The molecule has 0 unspecified atom stereocenters. The fourth-order valence-corrected chi connectivity index (χ4v) is 7.36. The summed E-state index contributed by atoms with van der Waals surface area (Å²) in [6.07, 6.45) is 9.18. The number of hydrogen-bond donors (Lipinski definition) is 2. The van der Waals surface area contributed by atoms with Crippen LogP contribution in [0, 0.1) is 17.8 Å². The maximum atomic E-state index is 13.7. The Morgan fingerprint density at radius 2 is 1.94 bits per heavy atom. The van der Waals surface area contributed by atoms with Gasteiger partial charge < -0.3 is 14.8 Å². The normalized spacial score (nSPS) is 29.6. The van der Waals surface area contributed by atoms with Crippen LogP contribution in [-0.2, 0) is 14.2 Å². The number of halogens is 1. The lowest BCUT2D eigenvalue weighted by Crippen LogP contribution is -2.46. The van der Waals surface area contributed by atoms with E-state index in [1.807, 2.05) is 19.1 Å². The highest BCUT2D eigenvalue weighted by Gasteiger charge is 2.57. The van der Waals surface area contributed by atoms with Gasteiger partial charge in [-0.15, -0.1) is 0 Å². The van der Waals surface area contributed by atoms with Crippen LogP contribution in [0.3, 0.4) is 0 Å². The summed E-state index contributed by atoms with van der Waals surface area (Å²) < 4.78 is 6.93. The number of amides is 2. The van der Waals surface area contributed by atoms with Gasteiger partial charge in [0.15, 0.2) is 0 Å². The van der Waals surface area contributed by atoms with Crippen molar-refractivity contribution in [1.82, 2.24) is 4.90 Å². The average molecular weight is 556 g/mol. The molecule has 0 aromatic heterocycles. The van der Waals surface area contributed by atoms with Crippen LogP contribution >= 0.6 is 15.9 Å². The molecule has 2 saturated heterocycles. The van der Waals surface area contributed by atoms with Crippen LogP contribution in [0.25, 0.3) is 6.08 Å². The number of hydrogen-bond acceptors (Lipinski definition) is 5. The minimum Gasteiger partial charge on any atom is -0.507 e. The lowest BCUT2D eigenvalue weighted by Gasteiger charge is -2.42. The Bertz CT molecular complexity index is 1110. The van der Waals surface area contributed by atoms with Crippen LogP contribution in [0.2, 0.25) is 6.32 Å². The number of aromatic hydroxyl groups is 1. The molecule has 4 aliphatic rings. The highest BCUT2D eigenvalue weighted by molar-refractivity contribution is 9.10. The van der Waals surface area contributed by atoms with Crippen molar-refractivity contribution in [2.24, 2.45) is 17.8 Å². The third-order valence-corrected chi connectivity index (χ3v) is 9.11. The van der Waals surface area contributed by atoms with Crippen molar-refractivity contribution < 1.29 is 24.4 Å². The molecule has 8 heteroatoms. The zero-order chi connectivity index (χ0) is 25.6. The molecule has 36 heavy (non-hydrogen) atoms. The standard InChI is InChI=1S/C28H35BBrNO5/c1-16(12-18-14-19(30)9-10-23(18)32)8-11-24-25-17(2)13-21-26(22(25)15-29(35)36-24)28(34)31(27(21)33)20-6-4-3-5-7-20/h9-10,12,14,20-22,24,26,32,35H,3-8,11,13,15H2,1-2H3/b16-12+/t21-,22+,24-,26-/m1/s1. The third-order valence-electron chi connectivity index (χ3n) is 8.62. The number of phenols is 1. The topological polar surface area (TPSA) is 87.1 Å². The Labute approximate surface area is 222 Å². The number of rotatable bonds is 5. The van der Waals surface area contributed by atoms with E-state index in [0.717, 1.165) is 58.9 Å². The molecule has 5 rings (SSSR count). The van der Waals surface area contributed by atoms with E-state index in [0.29, 0.717) is 19.2 Å². The summed E-state index contributed by atoms with van der Waals surface area (Å²) in [4.78, 5) is 28.7. The van der Waals surface area contributed by atoms with Crippen LogP contribution in [0.4, 0.5) is 0 Å². The summed E-state index contributed by atoms with van der Waals surface area (Å²) in [5.41, 5.74) is 4.09. The van der Waals surface area contributed by atoms with Crippen LogP contribution in [0.15, 0.2) is 39.4 Å². The van der Waals surface area contributed by atoms with Crippen molar-refractivity contribution in [3.05, 3.63) is 45.0 Å². The molecule has 192 valence electrons. The van der Waals surface area contributed by atoms with Gasteiger partial charge in [0.25, 0.3) is 0 Å². The largest absolute Gasteiger partial charge is 0.507 e. The predicted molar refractivity (Wildman–Crippen MR) is 143 cm³/mol. The quantitative estimate of drug-likeness (QED) is 0.285. The zero-order valence-corrected chi connectivity index (χ0v) is 22.7. The summed E-state index contributed by atoms with van der Waals surface area (Å²) in [6, 6.07) is 5.38. The molecule has 2 heterocycles. The minimum atomic E-state index is -0.944. The van der Waals surface area contributed by atoms with Crippen molar-refractivity contribution in [3.8, 4) is 5.75 Å². The summed E-state index contributed by atoms with van der Waals surface area (Å²) >= 11 is 3.45. The molecule has 1 aromatic carbocycles. The molecule has 2 amide bonds. The fourth-order valence-electron chi connectivity index (χ4n) is 6.98. The molecule has 4 atom stereocenters. The molecule has 2 aliphatic heterocycles. The van der Waals surface area contributed by atoms with Gasteiger partial charge in [0.05, 0.1) is 17.9 Å². The molecule has 1 aromatic rings. The first-order valence-electron chi connectivity index (χ1n) is 13.3. The average Bonchev–Trinajstić information content (AvgIpc) is 3.09. The summed E-state index contributed by atoms with van der Waals surface area (Å²) in [5, 5.41) is 20.8. The number of phenolic OH excluding ortho intramolecular Hbond substituents is 1. The smallest absolute Gasteiger partial charge is 0.455 e. The fraction of sp³-hybridized carbons (Fsp3) is 0.571. The molecule has 0 spiro atoms. The van der Waals surface area contributed by atoms with Gasteiger partial charge in [-0.3, -0.25) is 14.5 Å². The lowest BCUT2D eigenvalue weighted by molar-refractivity contribution is -0.143. The Morgan fingerprint density at radius 1 is 1.19 bits per heavy atom. The van der Waals surface area contributed by atoms with Crippen LogP contribution in [0.1, 0.15) is 70.8 Å². The van der Waals surface area contributed by atoms with E-state index in [-0.39, 0.29) is 47.5 Å². The van der Waals surface area contributed by atoms with Crippen molar-refractivity contribution in [2.45, 2.75) is 83.7 Å². The highest BCUT2D eigenvalue weighted by atomic mass is 79.9. The van der Waals surface area contributed by atoms with E-state index < -0.39 is 7.12 Å². The summed E-state index contributed by atoms with van der Waals surface area (Å²) in [7, 11) is -0.944. The Hall–Kier alpha value is -1.90. The zero-order valence-electron chi connectivity index (χ0n) is 21.1. The second-order valence-electron chi connectivity index (χ2n) is 11.1. The van der Waals surface area contributed by atoms with E-state index in [9.17, 15) is 19.7 Å². The summed E-state index contributed by atoms with van der Waals surface area (Å²) in [5.74, 6) is -0.636. The van der Waals surface area contributed by atoms with Gasteiger partial charge in [0.1, 0.15) is 5.75 Å². The molecule has 2 N–H and O–H groups in total. The third kappa shape index (κ3) is 4.84. The number of imide groups is 1. The maximum Gasteiger partial charge on any atom is 0.455 e. The first-order valence-corrected chi connectivity index (χ1v) is 14.1. The van der Waals surface area contributed by atoms with Gasteiger partial charge in [-0.05, 0) is 82.0 Å². The van der Waals surface area contributed by atoms with Gasteiger partial charge in [-0.1, -0.05) is 52.4 Å². The Morgan fingerprint density at radius 3 is 2.69 bits per heavy atom. The van der Waals surface area contributed by atoms with Gasteiger partial charge in [-0.25, -0.2) is 0 Å². The van der Waals surface area contributed by atoms with Gasteiger partial charge in [0.2, 0.25) is 11.8 Å². The second kappa shape index (κ2) is 10.5. The van der Waals surface area contributed by atoms with E-state index in [2.05, 4.69) is 22.9 Å². The van der Waals surface area contributed by atoms with Crippen LogP contribution in [0.5, 0.6) is 5.75 Å². The maximum absolute atomic E-state index is 13.7. The molecule has 2 aliphatic carbocycles. The molecule has 3 fully saturated rings. The first-order chi connectivity index (χ1) is 17.2. The molecular formula is C28H35BBrNO5. The Kier molecular flexibility index (Phi) is 7.48. The number of carbonyl (C=O) groups excluding carboxylic acids is 2. The first kappa shape index (κ1) is 25.7. The van der Waals surface area contributed by atoms with Crippen molar-refractivity contribution in [3.63, 3.8) is 0 Å². The minimum absolute atomic E-state index is 0.000406. The number of allylic oxidation sites excluding steroid dienone is 2. The molecular weight excluding hydrogens is 521 g/mol. The SMILES string of the molecule is CC1=C2[C@@H](CC/C(C)=C/c3cc(Br)ccc3O)OB(O)C[C@@H]2[C@@H]2C(=O)N(C3CCCCC3)C(=O)[C@@H]2C1. The van der Waals surface area contributed by atoms with Gasteiger partial charge in [-0.2, -0.15) is 0 Å². The summed E-state index contributed by atoms with van der Waals surface area (Å²) in [6.45, 7) is 4.09. The van der Waals surface area contributed by atoms with Crippen molar-refractivity contribution in [1.29, 1.82) is 0 Å². The van der Waals surface area contributed by atoms with Crippen molar-refractivity contribution in [2.75, 3.05) is 0 Å². The molecule has 0 radical (unpaired) electrons. The van der Waals surface area contributed by atoms with Crippen LogP contribution in [-0.4, -0.2) is 46.1 Å². The van der Waals surface area contributed by atoms with E-state index in [1.165, 1.54) is 6.42 Å². The van der Waals surface area contributed by atoms with Gasteiger partial charge >= 0.3 is 7.12 Å². The number of benzene rings is 1. The predicted octanol–water partition coefficient (Wildman–Crippen LogP) is 5.49. The lowest BCUT2D eigenvalue weighted by atomic mass is 9.59. The van der Waals surface area contributed by atoms with Gasteiger partial charge in [0, 0.05) is 16.1 Å². The van der Waals surface area contributed by atoms with Crippen molar-refractivity contribution >= 4 is 40.9 Å². The monoisotopic (exact) mass is 555 g/mol. The molecule has 1 saturated carbocycles. The molecule has 0 bridgehead atoms. The number of carbonyl (C=O) groups is 2. The number of fused-ring (bicyclic) bond motifs is 3.